The summed E-state index contributed by atoms with van der Waals surface area (Å²) in [5.74, 6) is 5.31. The molecular weight excluding hydrogens is 374 g/mol. The van der Waals surface area contributed by atoms with E-state index in [1.807, 2.05) is 30.3 Å². The van der Waals surface area contributed by atoms with Crippen molar-refractivity contribution in [1.82, 2.24) is 0 Å². The van der Waals surface area contributed by atoms with Crippen molar-refractivity contribution in [3.63, 3.8) is 0 Å². The van der Waals surface area contributed by atoms with Crippen LogP contribution in [0.1, 0.15) is 50.2 Å². The smallest absolute Gasteiger partial charge is 0.142 e. The van der Waals surface area contributed by atoms with Crippen LogP contribution >= 0.6 is 11.6 Å². The highest BCUT2D eigenvalue weighted by Gasteiger charge is 2.18. The topological polar surface area (TPSA) is 0 Å². The summed E-state index contributed by atoms with van der Waals surface area (Å²) in [6.07, 6.45) is 7.98. The third-order valence-electron chi connectivity index (χ3n) is 5.39. The number of allylic oxidation sites excluding steroid dienone is 1. The zero-order chi connectivity index (χ0) is 19.9. The van der Waals surface area contributed by atoms with Gasteiger partial charge < -0.3 is 0 Å². The summed E-state index contributed by atoms with van der Waals surface area (Å²) in [6, 6.07) is 10.6. The Morgan fingerprint density at radius 2 is 1.64 bits per heavy atom. The number of rotatable bonds is 4. The highest BCUT2D eigenvalue weighted by molar-refractivity contribution is 6.25. The summed E-state index contributed by atoms with van der Waals surface area (Å²) in [7, 11) is 0. The van der Waals surface area contributed by atoms with Crippen LogP contribution in [-0.2, 0) is 6.42 Å². The Labute approximate surface area is 171 Å². The molecule has 1 saturated carbocycles. The van der Waals surface area contributed by atoms with E-state index in [9.17, 15) is 8.78 Å². The second-order valence-electron chi connectivity index (χ2n) is 7.46. The fourth-order valence-corrected chi connectivity index (χ4v) is 3.95. The lowest BCUT2D eigenvalue weighted by atomic mass is 9.82. The summed E-state index contributed by atoms with van der Waals surface area (Å²) in [5, 5.41) is 0. The van der Waals surface area contributed by atoms with E-state index in [0.29, 0.717) is 11.5 Å². The van der Waals surface area contributed by atoms with Gasteiger partial charge in [-0.2, -0.15) is 0 Å². The lowest BCUT2D eigenvalue weighted by Crippen LogP contribution is -2.11. The Balaban J connectivity index is 1.74. The van der Waals surface area contributed by atoms with Crippen molar-refractivity contribution >= 4 is 11.6 Å². The van der Waals surface area contributed by atoms with Gasteiger partial charge in [-0.15, -0.1) is 0 Å². The van der Waals surface area contributed by atoms with Gasteiger partial charge in [0.2, 0.25) is 0 Å². The van der Waals surface area contributed by atoms with E-state index in [1.54, 1.807) is 5.54 Å². The van der Waals surface area contributed by atoms with Crippen LogP contribution in [0.2, 0.25) is 0 Å². The summed E-state index contributed by atoms with van der Waals surface area (Å²) in [5.41, 5.74) is 4.01. The average Bonchev–Trinajstić information content (AvgIpc) is 2.69. The largest absolute Gasteiger partial charge is 0.205 e. The first-order valence-electron chi connectivity index (χ1n) is 9.97. The minimum absolute atomic E-state index is 0.130. The minimum atomic E-state index is -0.598. The SMILES string of the molecule is CCCc1ccc(-c2cc(F)c(C#CC3CCC(/C=C/Cl)CC3)c(F)c2)cc1. The van der Waals surface area contributed by atoms with Crippen molar-refractivity contribution in [1.29, 1.82) is 0 Å². The molecule has 3 rings (SSSR count). The summed E-state index contributed by atoms with van der Waals surface area (Å²) in [4.78, 5) is 0. The predicted molar refractivity (Wildman–Crippen MR) is 113 cm³/mol. The van der Waals surface area contributed by atoms with Crippen LogP contribution in [0.3, 0.4) is 0 Å². The standard InChI is InChI=1S/C25H25ClF2/c1-2-3-18-8-11-21(12-9-18)22-16-24(27)23(25(28)17-22)13-10-19-4-6-20(7-5-19)14-15-26/h8-9,11-12,14-17,19-20H,2-7H2,1H3/b15-14+. The molecule has 2 aromatic carbocycles. The predicted octanol–water partition coefficient (Wildman–Crippen LogP) is 7.49. The summed E-state index contributed by atoms with van der Waals surface area (Å²) < 4.78 is 29.1. The minimum Gasteiger partial charge on any atom is -0.205 e. The molecule has 0 amide bonds. The lowest BCUT2D eigenvalue weighted by molar-refractivity contribution is 0.365. The van der Waals surface area contributed by atoms with Crippen molar-refractivity contribution in [3.05, 3.63) is 70.8 Å². The number of halogens is 3. The highest BCUT2D eigenvalue weighted by atomic mass is 35.5. The first-order chi connectivity index (χ1) is 13.6. The molecule has 0 spiro atoms. The molecule has 0 nitrogen and oxygen atoms in total. The maximum absolute atomic E-state index is 14.5. The Morgan fingerprint density at radius 1 is 1.00 bits per heavy atom. The second-order valence-corrected chi connectivity index (χ2v) is 7.71. The van der Waals surface area contributed by atoms with Gasteiger partial charge in [-0.05, 0) is 66.8 Å². The Bertz CT molecular complexity index is 856. The van der Waals surface area contributed by atoms with Gasteiger partial charge in [-0.3, -0.25) is 0 Å². The molecule has 0 aliphatic heterocycles. The van der Waals surface area contributed by atoms with Crippen LogP contribution in [0, 0.1) is 35.3 Å². The van der Waals surface area contributed by atoms with Crippen LogP contribution < -0.4 is 0 Å². The van der Waals surface area contributed by atoms with E-state index < -0.39 is 11.6 Å². The van der Waals surface area contributed by atoms with Gasteiger partial charge in [-0.1, -0.05) is 67.1 Å². The monoisotopic (exact) mass is 398 g/mol. The maximum atomic E-state index is 14.5. The van der Waals surface area contributed by atoms with Crippen LogP contribution in [0.15, 0.2) is 48.0 Å². The quantitative estimate of drug-likeness (QED) is 0.468. The molecule has 0 N–H and O–H groups in total. The van der Waals surface area contributed by atoms with Crippen molar-refractivity contribution in [2.45, 2.75) is 45.4 Å². The number of aryl methyl sites for hydroxylation is 1. The van der Waals surface area contributed by atoms with Gasteiger partial charge in [0.25, 0.3) is 0 Å². The third kappa shape index (κ3) is 5.24. The van der Waals surface area contributed by atoms with Gasteiger partial charge in [0.15, 0.2) is 0 Å². The van der Waals surface area contributed by atoms with Crippen LogP contribution in [0.4, 0.5) is 8.78 Å². The Hall–Kier alpha value is -2.11. The maximum Gasteiger partial charge on any atom is 0.142 e. The third-order valence-corrected chi connectivity index (χ3v) is 5.53. The molecule has 0 unspecified atom stereocenters. The molecule has 1 aliphatic rings. The molecule has 0 aromatic heterocycles. The van der Waals surface area contributed by atoms with Gasteiger partial charge in [0, 0.05) is 11.5 Å². The molecule has 2 aromatic rings. The lowest BCUT2D eigenvalue weighted by Gasteiger charge is -2.22. The fourth-order valence-electron chi connectivity index (χ4n) is 3.74. The van der Waals surface area contributed by atoms with Crippen LogP contribution in [0.25, 0.3) is 11.1 Å². The van der Waals surface area contributed by atoms with E-state index in [-0.39, 0.29) is 11.5 Å². The molecule has 0 heterocycles. The first kappa shape index (κ1) is 20.6. The molecule has 3 heteroatoms. The second kappa shape index (κ2) is 9.89. The summed E-state index contributed by atoms with van der Waals surface area (Å²) >= 11 is 5.63. The highest BCUT2D eigenvalue weighted by Crippen LogP contribution is 2.30. The molecule has 28 heavy (non-hydrogen) atoms. The average molecular weight is 399 g/mol. The van der Waals surface area contributed by atoms with Gasteiger partial charge in [-0.25, -0.2) is 8.78 Å². The van der Waals surface area contributed by atoms with Crippen molar-refractivity contribution in [2.24, 2.45) is 11.8 Å². The molecule has 0 radical (unpaired) electrons. The molecule has 0 atom stereocenters. The number of benzene rings is 2. The van der Waals surface area contributed by atoms with E-state index in [1.165, 1.54) is 17.7 Å². The molecule has 1 aliphatic carbocycles. The van der Waals surface area contributed by atoms with E-state index in [2.05, 4.69) is 18.8 Å². The van der Waals surface area contributed by atoms with E-state index in [4.69, 9.17) is 11.6 Å². The molecule has 1 fully saturated rings. The zero-order valence-electron chi connectivity index (χ0n) is 16.2. The zero-order valence-corrected chi connectivity index (χ0v) is 16.9. The van der Waals surface area contributed by atoms with Crippen molar-refractivity contribution in [2.75, 3.05) is 0 Å². The summed E-state index contributed by atoms with van der Waals surface area (Å²) in [6.45, 7) is 2.13. The fraction of sp³-hybridized carbons (Fsp3) is 0.360. The van der Waals surface area contributed by atoms with E-state index in [0.717, 1.165) is 44.1 Å². The number of hydrogen-bond acceptors (Lipinski definition) is 0. The van der Waals surface area contributed by atoms with Gasteiger partial charge >= 0.3 is 0 Å². The number of hydrogen-bond donors (Lipinski definition) is 0. The Kier molecular flexibility index (Phi) is 7.29. The van der Waals surface area contributed by atoms with Crippen molar-refractivity contribution in [3.8, 4) is 23.0 Å². The molecular formula is C25H25ClF2. The van der Waals surface area contributed by atoms with E-state index >= 15 is 0 Å². The normalized spacial score (nSPS) is 19.4. The Morgan fingerprint density at radius 3 is 2.21 bits per heavy atom. The van der Waals surface area contributed by atoms with Crippen molar-refractivity contribution < 1.29 is 8.78 Å². The molecule has 0 bridgehead atoms. The van der Waals surface area contributed by atoms with Gasteiger partial charge in [0.1, 0.15) is 11.6 Å². The van der Waals surface area contributed by atoms with Crippen LogP contribution in [-0.4, -0.2) is 0 Å². The van der Waals surface area contributed by atoms with Crippen LogP contribution in [0.5, 0.6) is 0 Å². The molecule has 0 saturated heterocycles. The molecule has 146 valence electrons. The van der Waals surface area contributed by atoms with Gasteiger partial charge in [0.05, 0.1) is 5.56 Å². The first-order valence-corrected chi connectivity index (χ1v) is 10.4.